The van der Waals surface area contributed by atoms with Gasteiger partial charge in [0.1, 0.15) is 10.7 Å². The van der Waals surface area contributed by atoms with Crippen LogP contribution in [0.4, 0.5) is 31.5 Å². The summed E-state index contributed by atoms with van der Waals surface area (Å²) in [5, 5.41) is 12.2. The zero-order valence-electron chi connectivity index (χ0n) is 12.1. The Morgan fingerprint density at radius 1 is 1.21 bits per heavy atom. The van der Waals surface area contributed by atoms with Gasteiger partial charge in [0, 0.05) is 32.4 Å². The van der Waals surface area contributed by atoms with Crippen molar-refractivity contribution in [2.24, 2.45) is 7.05 Å². The lowest BCUT2D eigenvalue weighted by molar-refractivity contribution is -0.271. The smallest absolute Gasteiger partial charge is 0.374 e. The van der Waals surface area contributed by atoms with Crippen LogP contribution in [-0.4, -0.2) is 32.4 Å². The van der Waals surface area contributed by atoms with Crippen LogP contribution in [0.15, 0.2) is 18.6 Å². The third-order valence-corrected chi connectivity index (χ3v) is 4.21. The third kappa shape index (κ3) is 3.64. The van der Waals surface area contributed by atoms with E-state index in [4.69, 9.17) is 0 Å². The average Bonchev–Trinajstić information content (AvgIpc) is 3.05. The number of hydrogen-bond donors (Lipinski definition) is 2. The number of thiazole rings is 1. The highest BCUT2D eigenvalue weighted by Crippen LogP contribution is 2.41. The summed E-state index contributed by atoms with van der Waals surface area (Å²) in [6.45, 7) is -0.451. The minimum atomic E-state index is -5.01. The fourth-order valence-corrected chi connectivity index (χ4v) is 2.69. The molecule has 1 atom stereocenters. The number of hydrogen-bond acceptors (Lipinski definition) is 5. The minimum absolute atomic E-state index is 0.188. The molecule has 134 valence electrons. The highest BCUT2D eigenvalue weighted by Gasteiger charge is 2.57. The Bertz CT molecular complexity index is 694. The van der Waals surface area contributed by atoms with Crippen molar-refractivity contribution in [1.29, 1.82) is 0 Å². The average molecular weight is 374 g/mol. The number of nitrogens with zero attached hydrogens (tertiary/aromatic N) is 3. The summed E-state index contributed by atoms with van der Waals surface area (Å²) in [5.74, 6) is -0.605. The van der Waals surface area contributed by atoms with Crippen LogP contribution in [0.1, 0.15) is 17.1 Å². The number of anilines is 1. The molecule has 2 aromatic rings. The molecule has 2 N–H and O–H groups in total. The number of rotatable bonds is 5. The predicted octanol–water partition coefficient (Wildman–Crippen LogP) is 3.15. The van der Waals surface area contributed by atoms with E-state index in [1.165, 1.54) is 13.2 Å². The van der Waals surface area contributed by atoms with Gasteiger partial charge >= 0.3 is 12.4 Å². The lowest BCUT2D eigenvalue weighted by atomic mass is 9.98. The van der Waals surface area contributed by atoms with Crippen LogP contribution in [0.25, 0.3) is 0 Å². The van der Waals surface area contributed by atoms with Crippen LogP contribution in [0.5, 0.6) is 0 Å². The molecule has 1 unspecified atom stereocenters. The van der Waals surface area contributed by atoms with E-state index in [1.54, 1.807) is 0 Å². The van der Waals surface area contributed by atoms with Gasteiger partial charge < -0.3 is 15.0 Å². The quantitative estimate of drug-likeness (QED) is 0.790. The first kappa shape index (κ1) is 18.5. The van der Waals surface area contributed by atoms with E-state index in [0.717, 1.165) is 10.8 Å². The number of aryl methyl sites for hydroxylation is 1. The monoisotopic (exact) mass is 374 g/mol. The Morgan fingerprint density at radius 2 is 1.88 bits per heavy atom. The molecule has 0 saturated carbocycles. The molecule has 24 heavy (non-hydrogen) atoms. The lowest BCUT2D eigenvalue weighted by Crippen LogP contribution is -2.45. The molecular formula is C12H12F6N4OS. The Labute approximate surface area is 136 Å². The summed E-state index contributed by atoms with van der Waals surface area (Å²) in [5.41, 5.74) is -3.23. The van der Waals surface area contributed by atoms with Gasteiger partial charge in [-0.05, 0) is 0 Å². The fraction of sp³-hybridized carbons (Fsp3) is 0.500. The number of alkyl halides is 6. The first-order valence-electron chi connectivity index (χ1n) is 6.49. The van der Waals surface area contributed by atoms with E-state index < -0.39 is 41.6 Å². The van der Waals surface area contributed by atoms with Crippen molar-refractivity contribution in [2.75, 3.05) is 11.9 Å². The second-order valence-corrected chi connectivity index (χ2v) is 5.95. The first-order valence-corrected chi connectivity index (χ1v) is 7.30. The zero-order chi connectivity index (χ0) is 18.2. The third-order valence-electron chi connectivity index (χ3n) is 3.21. The van der Waals surface area contributed by atoms with Crippen molar-refractivity contribution in [3.63, 3.8) is 0 Å². The molecule has 12 heteroatoms. The van der Waals surface area contributed by atoms with E-state index in [1.807, 2.05) is 0 Å². The summed E-state index contributed by atoms with van der Waals surface area (Å²) in [4.78, 5) is 6.00. The SMILES string of the molecule is Cn1ccnc1C(O)(CCNc1ncc(C(F)(F)F)s1)C(F)(F)F. The molecule has 0 saturated heterocycles. The van der Waals surface area contributed by atoms with Gasteiger partial charge in [0.2, 0.25) is 5.60 Å². The van der Waals surface area contributed by atoms with Gasteiger partial charge in [-0.1, -0.05) is 11.3 Å². The Kier molecular flexibility index (Phi) is 4.81. The highest BCUT2D eigenvalue weighted by molar-refractivity contribution is 7.15. The molecule has 0 spiro atoms. The van der Waals surface area contributed by atoms with Crippen LogP contribution >= 0.6 is 11.3 Å². The Morgan fingerprint density at radius 3 is 2.33 bits per heavy atom. The van der Waals surface area contributed by atoms with Crippen molar-refractivity contribution in [1.82, 2.24) is 14.5 Å². The second-order valence-electron chi connectivity index (χ2n) is 4.92. The highest BCUT2D eigenvalue weighted by atomic mass is 32.1. The maximum Gasteiger partial charge on any atom is 0.427 e. The van der Waals surface area contributed by atoms with E-state index in [0.29, 0.717) is 6.20 Å². The molecule has 0 amide bonds. The Balaban J connectivity index is 2.10. The van der Waals surface area contributed by atoms with Gasteiger partial charge in [-0.15, -0.1) is 0 Å². The van der Waals surface area contributed by atoms with Crippen molar-refractivity contribution in [3.8, 4) is 0 Å². The minimum Gasteiger partial charge on any atom is -0.374 e. The Hall–Kier alpha value is -1.82. The number of aromatic nitrogens is 3. The molecule has 2 aromatic heterocycles. The van der Waals surface area contributed by atoms with Gasteiger partial charge in [0.15, 0.2) is 5.13 Å². The van der Waals surface area contributed by atoms with E-state index in [9.17, 15) is 31.4 Å². The van der Waals surface area contributed by atoms with Crippen LogP contribution in [0, 0.1) is 0 Å². The van der Waals surface area contributed by atoms with Gasteiger partial charge in [-0.25, -0.2) is 9.97 Å². The molecule has 0 fully saturated rings. The summed E-state index contributed by atoms with van der Waals surface area (Å²) >= 11 is 0.268. The summed E-state index contributed by atoms with van der Waals surface area (Å²) in [7, 11) is 1.29. The molecule has 0 bridgehead atoms. The van der Waals surface area contributed by atoms with Gasteiger partial charge in [0.25, 0.3) is 0 Å². The number of imidazole rings is 1. The topological polar surface area (TPSA) is 63.0 Å². The molecular weight excluding hydrogens is 362 g/mol. The zero-order valence-corrected chi connectivity index (χ0v) is 12.9. The summed E-state index contributed by atoms with van der Waals surface area (Å²) in [6, 6.07) is 0. The predicted molar refractivity (Wildman–Crippen MR) is 73.4 cm³/mol. The summed E-state index contributed by atoms with van der Waals surface area (Å²) < 4.78 is 78.1. The van der Waals surface area contributed by atoms with E-state index in [2.05, 4.69) is 15.3 Å². The molecule has 0 aliphatic carbocycles. The molecule has 5 nitrogen and oxygen atoms in total. The van der Waals surface area contributed by atoms with Crippen LogP contribution < -0.4 is 5.32 Å². The normalized spacial score (nSPS) is 15.3. The number of halogens is 6. The molecule has 0 aliphatic heterocycles. The molecule has 2 rings (SSSR count). The van der Waals surface area contributed by atoms with Crippen molar-refractivity contribution in [2.45, 2.75) is 24.4 Å². The van der Waals surface area contributed by atoms with Crippen molar-refractivity contribution >= 4 is 16.5 Å². The van der Waals surface area contributed by atoms with E-state index in [-0.39, 0.29) is 16.5 Å². The standard InChI is InChI=1S/C12H12F6N4OS/c1-22-5-4-19-8(22)10(23,12(16,17)18)2-3-20-9-21-6-7(24-9)11(13,14)15/h4-6,23H,2-3H2,1H3,(H,20,21). The van der Waals surface area contributed by atoms with Gasteiger partial charge in [-0.2, -0.15) is 26.3 Å². The number of aliphatic hydroxyl groups is 1. The van der Waals surface area contributed by atoms with Gasteiger partial charge in [-0.3, -0.25) is 0 Å². The first-order chi connectivity index (χ1) is 10.9. The molecule has 0 radical (unpaired) electrons. The van der Waals surface area contributed by atoms with Crippen LogP contribution in [0.2, 0.25) is 0 Å². The summed E-state index contributed by atoms with van der Waals surface area (Å²) in [6.07, 6.45) is -7.49. The largest absolute Gasteiger partial charge is 0.427 e. The number of nitrogens with one attached hydrogen (secondary N) is 1. The maximum absolute atomic E-state index is 13.2. The van der Waals surface area contributed by atoms with Gasteiger partial charge in [0.05, 0.1) is 6.20 Å². The molecule has 2 heterocycles. The van der Waals surface area contributed by atoms with Crippen molar-refractivity contribution < 1.29 is 31.4 Å². The molecule has 0 aromatic carbocycles. The lowest BCUT2D eigenvalue weighted by Gasteiger charge is -2.29. The maximum atomic E-state index is 13.2. The second kappa shape index (κ2) is 6.24. The molecule has 0 aliphatic rings. The van der Waals surface area contributed by atoms with Crippen LogP contribution in [0.3, 0.4) is 0 Å². The van der Waals surface area contributed by atoms with Crippen molar-refractivity contribution in [3.05, 3.63) is 29.3 Å². The van der Waals surface area contributed by atoms with Crippen LogP contribution in [-0.2, 0) is 18.8 Å². The van der Waals surface area contributed by atoms with E-state index >= 15 is 0 Å². The fourth-order valence-electron chi connectivity index (χ4n) is 1.98.